The van der Waals surface area contributed by atoms with Gasteiger partial charge in [-0.25, -0.2) is 4.79 Å². The van der Waals surface area contributed by atoms with Crippen molar-refractivity contribution in [2.24, 2.45) is 0 Å². The maximum Gasteiger partial charge on any atom is 0.319 e. The topological polar surface area (TPSA) is 109 Å². The van der Waals surface area contributed by atoms with E-state index in [1.54, 1.807) is 35.6 Å². The molecule has 3 aromatic rings. The summed E-state index contributed by atoms with van der Waals surface area (Å²) in [5.41, 5.74) is 2.23. The van der Waals surface area contributed by atoms with Crippen molar-refractivity contribution in [2.45, 2.75) is 31.7 Å². The zero-order valence-electron chi connectivity index (χ0n) is 15.0. The molecule has 1 saturated carbocycles. The van der Waals surface area contributed by atoms with Crippen LogP contribution >= 0.6 is 11.3 Å². The molecule has 28 heavy (non-hydrogen) atoms. The third-order valence-electron chi connectivity index (χ3n) is 4.15. The number of hydrogen-bond donors (Lipinski definition) is 3. The summed E-state index contributed by atoms with van der Waals surface area (Å²) in [6, 6.07) is 8.98. The SMILES string of the molecule is O=C(CCc1nc(-c2ccsc2)no1)Nc1ccc(NC(=O)NC2CC2)cc1. The molecule has 0 radical (unpaired) electrons. The van der Waals surface area contributed by atoms with Crippen molar-refractivity contribution >= 4 is 34.6 Å². The Kier molecular flexibility index (Phi) is 5.34. The van der Waals surface area contributed by atoms with Crippen LogP contribution in [-0.4, -0.2) is 28.1 Å². The van der Waals surface area contributed by atoms with Gasteiger partial charge in [0.05, 0.1) is 0 Å². The van der Waals surface area contributed by atoms with Crippen LogP contribution in [0.5, 0.6) is 0 Å². The number of anilines is 2. The second kappa shape index (κ2) is 8.22. The van der Waals surface area contributed by atoms with E-state index in [2.05, 4.69) is 26.1 Å². The first kappa shape index (κ1) is 18.2. The molecule has 1 aromatic carbocycles. The fraction of sp³-hybridized carbons (Fsp3) is 0.263. The number of benzene rings is 1. The Morgan fingerprint density at radius 2 is 1.86 bits per heavy atom. The number of hydrogen-bond acceptors (Lipinski definition) is 6. The Bertz CT molecular complexity index is 948. The zero-order valence-corrected chi connectivity index (χ0v) is 15.8. The first-order valence-corrected chi connectivity index (χ1v) is 9.92. The van der Waals surface area contributed by atoms with Crippen LogP contribution in [0.25, 0.3) is 11.4 Å². The van der Waals surface area contributed by atoms with Crippen LogP contribution in [0.1, 0.15) is 25.2 Å². The maximum absolute atomic E-state index is 12.1. The molecule has 0 bridgehead atoms. The fourth-order valence-corrected chi connectivity index (χ4v) is 3.16. The molecule has 0 atom stereocenters. The van der Waals surface area contributed by atoms with Crippen molar-refractivity contribution < 1.29 is 14.1 Å². The Hall–Kier alpha value is -3.20. The van der Waals surface area contributed by atoms with E-state index in [4.69, 9.17) is 4.52 Å². The molecule has 2 aromatic heterocycles. The summed E-state index contributed by atoms with van der Waals surface area (Å²) in [7, 11) is 0. The van der Waals surface area contributed by atoms with Gasteiger partial charge in [0.25, 0.3) is 0 Å². The molecule has 0 unspecified atom stereocenters. The molecule has 1 aliphatic rings. The number of urea groups is 1. The summed E-state index contributed by atoms with van der Waals surface area (Å²) < 4.78 is 5.19. The molecule has 8 nitrogen and oxygen atoms in total. The highest BCUT2D eigenvalue weighted by Gasteiger charge is 2.23. The largest absolute Gasteiger partial charge is 0.339 e. The van der Waals surface area contributed by atoms with Gasteiger partial charge in [-0.15, -0.1) is 0 Å². The Balaban J connectivity index is 1.23. The van der Waals surface area contributed by atoms with Gasteiger partial charge in [-0.2, -0.15) is 16.3 Å². The molecule has 1 fully saturated rings. The zero-order chi connectivity index (χ0) is 19.3. The van der Waals surface area contributed by atoms with Crippen molar-refractivity contribution in [1.29, 1.82) is 0 Å². The summed E-state index contributed by atoms with van der Waals surface area (Å²) in [5.74, 6) is 0.811. The van der Waals surface area contributed by atoms with Gasteiger partial charge in [-0.1, -0.05) is 5.16 Å². The number of nitrogens with one attached hydrogen (secondary N) is 3. The molecule has 144 valence electrons. The molecule has 1 aliphatic carbocycles. The maximum atomic E-state index is 12.1. The normalized spacial score (nSPS) is 13.1. The number of amides is 3. The summed E-state index contributed by atoms with van der Waals surface area (Å²) in [5, 5.41) is 16.2. The minimum atomic E-state index is -0.208. The van der Waals surface area contributed by atoms with Crippen molar-refractivity contribution in [2.75, 3.05) is 10.6 Å². The summed E-state index contributed by atoms with van der Waals surface area (Å²) >= 11 is 1.56. The van der Waals surface area contributed by atoms with Gasteiger partial charge in [-0.05, 0) is 48.6 Å². The number of carbonyl (C=O) groups is 2. The monoisotopic (exact) mass is 397 g/mol. The van der Waals surface area contributed by atoms with Gasteiger partial charge in [0.15, 0.2) is 0 Å². The molecule has 9 heteroatoms. The van der Waals surface area contributed by atoms with Crippen molar-refractivity contribution in [3.05, 3.63) is 47.0 Å². The average Bonchev–Trinajstić information content (AvgIpc) is 3.15. The van der Waals surface area contributed by atoms with Gasteiger partial charge >= 0.3 is 6.03 Å². The number of aryl methyl sites for hydroxylation is 1. The van der Waals surface area contributed by atoms with Gasteiger partial charge in [0.1, 0.15) is 0 Å². The van der Waals surface area contributed by atoms with E-state index in [-0.39, 0.29) is 18.4 Å². The predicted molar refractivity (Wildman–Crippen MR) is 106 cm³/mol. The molecule has 0 aliphatic heterocycles. The van der Waals surface area contributed by atoms with Crippen LogP contribution in [0.4, 0.5) is 16.2 Å². The van der Waals surface area contributed by atoms with E-state index in [1.807, 2.05) is 16.8 Å². The van der Waals surface area contributed by atoms with E-state index in [0.29, 0.717) is 35.6 Å². The number of carbonyl (C=O) groups excluding carboxylic acids is 2. The number of aromatic nitrogens is 2. The third kappa shape index (κ3) is 4.95. The van der Waals surface area contributed by atoms with Gasteiger partial charge in [-0.3, -0.25) is 4.79 Å². The van der Waals surface area contributed by atoms with Crippen LogP contribution in [0.3, 0.4) is 0 Å². The first-order chi connectivity index (χ1) is 13.7. The summed E-state index contributed by atoms with van der Waals surface area (Å²) in [6.07, 6.45) is 2.67. The Labute approximate surface area is 165 Å². The number of nitrogens with zero attached hydrogens (tertiary/aromatic N) is 2. The molecule has 0 saturated heterocycles. The average molecular weight is 397 g/mol. The highest BCUT2D eigenvalue weighted by molar-refractivity contribution is 7.08. The molecule has 4 rings (SSSR count). The summed E-state index contributed by atoms with van der Waals surface area (Å²) in [4.78, 5) is 28.1. The molecule has 0 spiro atoms. The molecule has 2 heterocycles. The lowest BCUT2D eigenvalue weighted by atomic mass is 10.2. The van der Waals surface area contributed by atoms with E-state index >= 15 is 0 Å². The van der Waals surface area contributed by atoms with Crippen LogP contribution in [0, 0.1) is 0 Å². The van der Waals surface area contributed by atoms with Crippen molar-refractivity contribution in [3.8, 4) is 11.4 Å². The lowest BCUT2D eigenvalue weighted by Crippen LogP contribution is -2.30. The highest BCUT2D eigenvalue weighted by Crippen LogP contribution is 2.20. The van der Waals surface area contributed by atoms with Crippen molar-refractivity contribution in [1.82, 2.24) is 15.5 Å². The van der Waals surface area contributed by atoms with Gasteiger partial charge in [0.2, 0.25) is 17.6 Å². The van der Waals surface area contributed by atoms with E-state index in [1.165, 1.54) is 0 Å². The van der Waals surface area contributed by atoms with Crippen LogP contribution in [0.2, 0.25) is 0 Å². The standard InChI is InChI=1S/C19H19N5O3S/c25-16(7-8-17-23-18(24-27-17)12-9-10-28-11-12)20-13-1-3-14(4-2-13)21-19(26)22-15-5-6-15/h1-4,9-11,15H,5-8H2,(H,20,25)(H2,21,22,26). The molecule has 3 amide bonds. The van der Waals surface area contributed by atoms with Crippen LogP contribution < -0.4 is 16.0 Å². The number of rotatable bonds is 7. The molecular formula is C19H19N5O3S. The Morgan fingerprint density at radius 1 is 1.11 bits per heavy atom. The van der Waals surface area contributed by atoms with Crippen LogP contribution in [-0.2, 0) is 11.2 Å². The minimum Gasteiger partial charge on any atom is -0.339 e. The fourth-order valence-electron chi connectivity index (χ4n) is 2.53. The second-order valence-corrected chi connectivity index (χ2v) is 7.30. The smallest absolute Gasteiger partial charge is 0.319 e. The quantitative estimate of drug-likeness (QED) is 0.564. The first-order valence-electron chi connectivity index (χ1n) is 8.98. The molecular weight excluding hydrogens is 378 g/mol. The predicted octanol–water partition coefficient (Wildman–Crippen LogP) is 3.65. The Morgan fingerprint density at radius 3 is 2.54 bits per heavy atom. The van der Waals surface area contributed by atoms with Crippen LogP contribution in [0.15, 0.2) is 45.6 Å². The van der Waals surface area contributed by atoms with Gasteiger partial charge < -0.3 is 20.5 Å². The molecule has 3 N–H and O–H groups in total. The number of thiophene rings is 1. The highest BCUT2D eigenvalue weighted by atomic mass is 32.1. The van der Waals surface area contributed by atoms with Crippen molar-refractivity contribution in [3.63, 3.8) is 0 Å². The lowest BCUT2D eigenvalue weighted by molar-refractivity contribution is -0.116. The van der Waals surface area contributed by atoms with Gasteiger partial charge in [0, 0.05) is 41.2 Å². The third-order valence-corrected chi connectivity index (χ3v) is 4.84. The van der Waals surface area contributed by atoms with E-state index in [0.717, 1.165) is 18.4 Å². The minimum absolute atomic E-state index is 0.150. The van der Waals surface area contributed by atoms with E-state index in [9.17, 15) is 9.59 Å². The van der Waals surface area contributed by atoms with E-state index < -0.39 is 0 Å². The second-order valence-electron chi connectivity index (χ2n) is 6.52. The summed E-state index contributed by atoms with van der Waals surface area (Å²) in [6.45, 7) is 0. The lowest BCUT2D eigenvalue weighted by Gasteiger charge is -2.08.